The topological polar surface area (TPSA) is 85.3 Å². The highest BCUT2D eigenvalue weighted by Gasteiger charge is 2.39. The molecule has 13 heteroatoms. The van der Waals surface area contributed by atoms with Gasteiger partial charge in [0.05, 0.1) is 23.9 Å². The molecule has 2 fully saturated rings. The van der Waals surface area contributed by atoms with Gasteiger partial charge in [0.2, 0.25) is 0 Å². The molecular formula is C29H38F4N6O3. The third-order valence-electron chi connectivity index (χ3n) is 8.75. The summed E-state index contributed by atoms with van der Waals surface area (Å²) in [6.07, 6.45) is -3.17. The quantitative estimate of drug-likeness (QED) is 0.365. The number of aliphatic hydroxyl groups excluding tert-OH is 1. The number of halogens is 4. The Morgan fingerprint density at radius 2 is 1.62 bits per heavy atom. The zero-order valence-corrected chi connectivity index (χ0v) is 24.1. The first-order chi connectivity index (χ1) is 20.0. The Labute approximate surface area is 243 Å². The fraction of sp³-hybridized carbons (Fsp3) is 0.621. The minimum Gasteiger partial charge on any atom is -0.403 e. The first-order valence-electron chi connectivity index (χ1n) is 14.5. The van der Waals surface area contributed by atoms with Gasteiger partial charge >= 0.3 is 6.36 Å². The number of carbonyl (C=O) groups is 1. The Hall–Kier alpha value is -2.87. The number of benzene rings is 1. The Bertz CT molecular complexity index is 1250. The van der Waals surface area contributed by atoms with E-state index >= 15 is 0 Å². The molecular weight excluding hydrogens is 556 g/mol. The van der Waals surface area contributed by atoms with Crippen molar-refractivity contribution in [3.05, 3.63) is 47.2 Å². The van der Waals surface area contributed by atoms with E-state index in [1.165, 1.54) is 12.4 Å². The van der Waals surface area contributed by atoms with E-state index in [0.29, 0.717) is 63.0 Å². The number of aromatic nitrogens is 2. The molecule has 5 rings (SSSR count). The van der Waals surface area contributed by atoms with Crippen molar-refractivity contribution in [2.75, 3.05) is 57.3 Å². The van der Waals surface area contributed by atoms with E-state index in [0.717, 1.165) is 42.9 Å². The molecule has 9 nitrogen and oxygen atoms in total. The van der Waals surface area contributed by atoms with Gasteiger partial charge < -0.3 is 19.5 Å². The maximum Gasteiger partial charge on any atom is 0.573 e. The van der Waals surface area contributed by atoms with E-state index < -0.39 is 36.1 Å². The van der Waals surface area contributed by atoms with Gasteiger partial charge in [0, 0.05) is 64.0 Å². The van der Waals surface area contributed by atoms with Crippen LogP contribution in [0, 0.1) is 5.82 Å². The smallest absolute Gasteiger partial charge is 0.403 e. The van der Waals surface area contributed by atoms with Crippen LogP contribution >= 0.6 is 0 Å². The van der Waals surface area contributed by atoms with Crippen LogP contribution in [0.5, 0.6) is 5.75 Å². The number of rotatable bonds is 8. The zero-order chi connectivity index (χ0) is 30.2. The summed E-state index contributed by atoms with van der Waals surface area (Å²) in [4.78, 5) is 30.5. The van der Waals surface area contributed by atoms with Crippen LogP contribution in [0.3, 0.4) is 0 Å². The van der Waals surface area contributed by atoms with Gasteiger partial charge in [-0.25, -0.2) is 14.4 Å². The molecule has 2 aliphatic heterocycles. The molecule has 42 heavy (non-hydrogen) atoms. The SMILES string of the molecule is CC(C)N1CCN(C(C(C=O)c2ccc(OC(F)(F)F)c(F)c2)N2CCN(c3ncnc4c3[C@H](C)C[C@H]4O)CC2)CC1. The number of anilines is 1. The first kappa shape index (κ1) is 30.6. The van der Waals surface area contributed by atoms with Gasteiger partial charge in [0.25, 0.3) is 0 Å². The molecule has 0 spiro atoms. The van der Waals surface area contributed by atoms with Gasteiger partial charge in [-0.3, -0.25) is 14.7 Å². The summed E-state index contributed by atoms with van der Waals surface area (Å²) >= 11 is 0. The van der Waals surface area contributed by atoms with Crippen LogP contribution in [0.15, 0.2) is 24.5 Å². The maximum absolute atomic E-state index is 14.8. The van der Waals surface area contributed by atoms with Gasteiger partial charge in [0.1, 0.15) is 18.4 Å². The number of piperazine rings is 2. The number of ether oxygens (including phenoxy) is 1. The third kappa shape index (κ3) is 6.38. The molecule has 2 unspecified atom stereocenters. The lowest BCUT2D eigenvalue weighted by Gasteiger charge is -2.49. The second kappa shape index (κ2) is 12.4. The molecule has 0 radical (unpaired) electrons. The van der Waals surface area contributed by atoms with Crippen LogP contribution in [0.25, 0.3) is 0 Å². The fourth-order valence-electron chi connectivity index (χ4n) is 6.61. The third-order valence-corrected chi connectivity index (χ3v) is 8.75. The Morgan fingerprint density at radius 3 is 2.19 bits per heavy atom. The summed E-state index contributed by atoms with van der Waals surface area (Å²) in [6, 6.07) is 3.63. The minimum absolute atomic E-state index is 0.132. The van der Waals surface area contributed by atoms with Crippen LogP contribution < -0.4 is 9.64 Å². The lowest BCUT2D eigenvalue weighted by Crippen LogP contribution is -2.62. The van der Waals surface area contributed by atoms with Gasteiger partial charge in [-0.2, -0.15) is 0 Å². The molecule has 2 aromatic rings. The van der Waals surface area contributed by atoms with E-state index in [9.17, 15) is 27.5 Å². The van der Waals surface area contributed by atoms with Crippen molar-refractivity contribution in [2.45, 2.75) is 63.7 Å². The van der Waals surface area contributed by atoms with Crippen molar-refractivity contribution in [3.8, 4) is 5.75 Å². The molecule has 2 saturated heterocycles. The molecule has 3 aliphatic rings. The van der Waals surface area contributed by atoms with Crippen LogP contribution in [0.1, 0.15) is 62.0 Å². The number of hydrogen-bond acceptors (Lipinski definition) is 9. The van der Waals surface area contributed by atoms with Crippen molar-refractivity contribution in [1.29, 1.82) is 0 Å². The van der Waals surface area contributed by atoms with Gasteiger partial charge in [-0.15, -0.1) is 13.2 Å². The molecule has 1 aromatic carbocycles. The highest BCUT2D eigenvalue weighted by molar-refractivity contribution is 5.64. The zero-order valence-electron chi connectivity index (χ0n) is 24.1. The summed E-state index contributed by atoms with van der Waals surface area (Å²) < 4.78 is 56.8. The molecule has 0 bridgehead atoms. The van der Waals surface area contributed by atoms with Gasteiger partial charge in [-0.05, 0) is 43.9 Å². The van der Waals surface area contributed by atoms with E-state index in [2.05, 4.69) is 55.1 Å². The standard InChI is InChI=1S/C29H38F4N6O3/c1-18(2)36-6-10-38(11-7-36)28(21(16-40)20-4-5-24(22(30)15-20)42-29(31,32)33)39-12-8-37(9-13-39)27-25-19(3)14-23(41)26(25)34-17-35-27/h4-5,15-19,21,23,28,41H,6-14H2,1-3H3/t19-,21?,23-,28?/m1/s1. The molecule has 3 heterocycles. The highest BCUT2D eigenvalue weighted by Crippen LogP contribution is 2.43. The van der Waals surface area contributed by atoms with Crippen LogP contribution in [-0.4, -0.2) is 107 Å². The fourth-order valence-corrected chi connectivity index (χ4v) is 6.61. The molecule has 0 amide bonds. The molecule has 1 N–H and O–H groups in total. The van der Waals surface area contributed by atoms with E-state index in [4.69, 9.17) is 0 Å². The first-order valence-corrected chi connectivity index (χ1v) is 14.5. The predicted molar refractivity (Wildman–Crippen MR) is 148 cm³/mol. The van der Waals surface area contributed by atoms with Crippen molar-refractivity contribution in [1.82, 2.24) is 24.7 Å². The van der Waals surface area contributed by atoms with Crippen LogP contribution in [0.4, 0.5) is 23.4 Å². The largest absolute Gasteiger partial charge is 0.573 e. The molecule has 0 saturated carbocycles. The summed E-state index contributed by atoms with van der Waals surface area (Å²) in [5.41, 5.74) is 1.95. The van der Waals surface area contributed by atoms with Crippen molar-refractivity contribution < 1.29 is 32.2 Å². The molecule has 1 aliphatic carbocycles. The number of carbonyl (C=O) groups excluding carboxylic acids is 1. The summed E-state index contributed by atoms with van der Waals surface area (Å²) in [5, 5.41) is 10.4. The maximum atomic E-state index is 14.8. The normalized spacial score (nSPS) is 24.1. The number of alkyl halides is 3. The Balaban J connectivity index is 1.39. The number of aldehydes is 1. The lowest BCUT2D eigenvalue weighted by molar-refractivity contribution is -0.275. The lowest BCUT2D eigenvalue weighted by atomic mass is 9.94. The predicted octanol–water partition coefficient (Wildman–Crippen LogP) is 3.51. The molecule has 4 atom stereocenters. The molecule has 230 valence electrons. The van der Waals surface area contributed by atoms with E-state index in [-0.39, 0.29) is 5.92 Å². The van der Waals surface area contributed by atoms with Gasteiger partial charge in [0.15, 0.2) is 11.6 Å². The summed E-state index contributed by atoms with van der Waals surface area (Å²) in [7, 11) is 0. The minimum atomic E-state index is -5.02. The Morgan fingerprint density at radius 1 is 1.00 bits per heavy atom. The number of hydrogen-bond donors (Lipinski definition) is 1. The monoisotopic (exact) mass is 594 g/mol. The second-order valence-electron chi connectivity index (χ2n) is 11.7. The number of nitrogens with zero attached hydrogens (tertiary/aromatic N) is 6. The van der Waals surface area contributed by atoms with E-state index in [1.807, 2.05) is 0 Å². The summed E-state index contributed by atoms with van der Waals surface area (Å²) in [5.74, 6) is -1.94. The Kier molecular flexibility index (Phi) is 9.02. The molecule has 1 aromatic heterocycles. The highest BCUT2D eigenvalue weighted by atomic mass is 19.4. The number of aliphatic hydroxyl groups is 1. The van der Waals surface area contributed by atoms with Crippen molar-refractivity contribution in [2.24, 2.45) is 0 Å². The second-order valence-corrected chi connectivity index (χ2v) is 11.7. The number of fused-ring (bicyclic) bond motifs is 1. The van der Waals surface area contributed by atoms with Crippen molar-refractivity contribution >= 4 is 12.1 Å². The average molecular weight is 595 g/mol. The van der Waals surface area contributed by atoms with E-state index in [1.54, 1.807) is 0 Å². The summed E-state index contributed by atoms with van der Waals surface area (Å²) in [6.45, 7) is 11.7. The van der Waals surface area contributed by atoms with Gasteiger partial charge in [-0.1, -0.05) is 13.0 Å². The van der Waals surface area contributed by atoms with Crippen molar-refractivity contribution in [3.63, 3.8) is 0 Å². The van der Waals surface area contributed by atoms with Crippen LogP contribution in [-0.2, 0) is 4.79 Å². The average Bonchev–Trinajstić information content (AvgIpc) is 3.25. The van der Waals surface area contributed by atoms with Crippen LogP contribution in [0.2, 0.25) is 0 Å².